The van der Waals surface area contributed by atoms with Gasteiger partial charge < -0.3 is 20.1 Å². The number of hydrogen-bond acceptors (Lipinski definition) is 3. The van der Waals surface area contributed by atoms with Gasteiger partial charge in [-0.1, -0.05) is 30.3 Å². The van der Waals surface area contributed by atoms with Crippen LogP contribution in [0.1, 0.15) is 38.7 Å². The van der Waals surface area contributed by atoms with E-state index in [1.165, 1.54) is 5.56 Å². The molecule has 1 heterocycles. The minimum Gasteiger partial charge on any atom is -0.381 e. The number of aliphatic imine (C=N–C) groups is 1. The van der Waals surface area contributed by atoms with Gasteiger partial charge in [-0.2, -0.15) is 0 Å². The second-order valence-electron chi connectivity index (χ2n) is 6.76. The number of rotatable bonds is 8. The largest absolute Gasteiger partial charge is 0.381 e. The van der Waals surface area contributed by atoms with Crippen LogP contribution in [-0.2, 0) is 15.9 Å². The highest BCUT2D eigenvalue weighted by atomic mass is 16.5. The molecule has 0 radical (unpaired) electrons. The lowest BCUT2D eigenvalue weighted by molar-refractivity contribution is -0.0828. The summed E-state index contributed by atoms with van der Waals surface area (Å²) in [5.74, 6) is 0.867. The van der Waals surface area contributed by atoms with Crippen molar-refractivity contribution in [3.8, 4) is 0 Å². The molecule has 0 aliphatic carbocycles. The Balaban J connectivity index is 1.87. The Morgan fingerprint density at radius 2 is 2.00 bits per heavy atom. The minimum atomic E-state index is -0.187. The molecule has 0 saturated carbocycles. The lowest BCUT2D eigenvalue weighted by Gasteiger charge is -2.34. The van der Waals surface area contributed by atoms with Crippen molar-refractivity contribution in [2.24, 2.45) is 4.99 Å². The van der Waals surface area contributed by atoms with Gasteiger partial charge in [0, 0.05) is 45.8 Å². The van der Waals surface area contributed by atoms with Crippen molar-refractivity contribution < 1.29 is 9.47 Å². The monoisotopic (exact) mass is 347 g/mol. The Hall–Kier alpha value is -1.59. The Morgan fingerprint density at radius 1 is 1.28 bits per heavy atom. The number of hydrogen-bond donors (Lipinski definition) is 2. The van der Waals surface area contributed by atoms with Gasteiger partial charge in [-0.05, 0) is 32.3 Å². The first-order valence-electron chi connectivity index (χ1n) is 9.39. The molecule has 2 rings (SSSR count). The number of methoxy groups -OCH3 is 1. The zero-order chi connectivity index (χ0) is 18.0. The first-order chi connectivity index (χ1) is 12.2. The van der Waals surface area contributed by atoms with Crippen LogP contribution in [0.5, 0.6) is 0 Å². The third-order valence-corrected chi connectivity index (χ3v) is 4.80. The summed E-state index contributed by atoms with van der Waals surface area (Å²) in [4.78, 5) is 4.79. The molecule has 1 aliphatic heterocycles. The molecule has 0 aromatic heterocycles. The Labute approximate surface area is 152 Å². The maximum Gasteiger partial charge on any atom is 0.191 e. The standard InChI is InChI=1S/C20H33N3O2/c1-4-21-19(22-16-20(24-3)12-14-25-15-13-20)23-17(2)10-11-18-8-6-5-7-9-18/h5-9,17H,4,10-16H2,1-3H3,(H2,21,22,23). The molecule has 1 aliphatic rings. The third kappa shape index (κ3) is 6.67. The predicted octanol–water partition coefficient (Wildman–Crippen LogP) is 2.76. The van der Waals surface area contributed by atoms with E-state index in [4.69, 9.17) is 14.5 Å². The van der Waals surface area contributed by atoms with Crippen LogP contribution >= 0.6 is 0 Å². The second kappa shape index (κ2) is 10.4. The molecule has 140 valence electrons. The lowest BCUT2D eigenvalue weighted by atomic mass is 9.94. The fraction of sp³-hybridized carbons (Fsp3) is 0.650. The van der Waals surface area contributed by atoms with Crippen molar-refractivity contribution in [3.05, 3.63) is 35.9 Å². The summed E-state index contributed by atoms with van der Waals surface area (Å²) in [6, 6.07) is 11.0. The van der Waals surface area contributed by atoms with Crippen LogP contribution in [0.2, 0.25) is 0 Å². The first kappa shape index (κ1) is 19.7. The van der Waals surface area contributed by atoms with Gasteiger partial charge in [-0.3, -0.25) is 4.99 Å². The molecule has 0 bridgehead atoms. The summed E-state index contributed by atoms with van der Waals surface area (Å²) in [7, 11) is 1.78. The van der Waals surface area contributed by atoms with Crippen LogP contribution < -0.4 is 10.6 Å². The van der Waals surface area contributed by atoms with Gasteiger partial charge in [0.05, 0.1) is 12.1 Å². The van der Waals surface area contributed by atoms with Gasteiger partial charge in [0.1, 0.15) is 0 Å². The maximum atomic E-state index is 5.77. The van der Waals surface area contributed by atoms with Crippen molar-refractivity contribution >= 4 is 5.96 Å². The molecule has 1 fully saturated rings. The highest BCUT2D eigenvalue weighted by Crippen LogP contribution is 2.24. The van der Waals surface area contributed by atoms with Crippen molar-refractivity contribution in [1.82, 2.24) is 10.6 Å². The van der Waals surface area contributed by atoms with E-state index in [1.807, 2.05) is 0 Å². The van der Waals surface area contributed by atoms with Crippen LogP contribution in [0.3, 0.4) is 0 Å². The second-order valence-corrected chi connectivity index (χ2v) is 6.76. The van der Waals surface area contributed by atoms with E-state index < -0.39 is 0 Å². The number of nitrogens with one attached hydrogen (secondary N) is 2. The SMILES string of the molecule is CCNC(=NCC1(OC)CCOCC1)NC(C)CCc1ccccc1. The molecular formula is C20H33N3O2. The molecule has 1 aromatic rings. The van der Waals surface area contributed by atoms with Crippen LogP contribution in [-0.4, -0.2) is 51.0 Å². The third-order valence-electron chi connectivity index (χ3n) is 4.80. The lowest BCUT2D eigenvalue weighted by Crippen LogP contribution is -2.45. The molecule has 1 saturated heterocycles. The van der Waals surface area contributed by atoms with Crippen molar-refractivity contribution in [1.29, 1.82) is 0 Å². The van der Waals surface area contributed by atoms with E-state index in [1.54, 1.807) is 7.11 Å². The molecule has 5 nitrogen and oxygen atoms in total. The van der Waals surface area contributed by atoms with Crippen molar-refractivity contribution in [2.75, 3.05) is 33.4 Å². The van der Waals surface area contributed by atoms with E-state index in [0.717, 1.165) is 51.4 Å². The first-order valence-corrected chi connectivity index (χ1v) is 9.39. The smallest absolute Gasteiger partial charge is 0.191 e. The van der Waals surface area contributed by atoms with Crippen LogP contribution in [0, 0.1) is 0 Å². The Kier molecular flexibility index (Phi) is 8.22. The van der Waals surface area contributed by atoms with E-state index in [2.05, 4.69) is 54.8 Å². The molecule has 25 heavy (non-hydrogen) atoms. The minimum absolute atomic E-state index is 0.187. The number of aryl methyl sites for hydroxylation is 1. The van der Waals surface area contributed by atoms with Gasteiger partial charge >= 0.3 is 0 Å². The Morgan fingerprint density at radius 3 is 2.64 bits per heavy atom. The fourth-order valence-electron chi connectivity index (χ4n) is 3.05. The summed E-state index contributed by atoms with van der Waals surface area (Å²) < 4.78 is 11.2. The molecule has 1 aromatic carbocycles. The summed E-state index contributed by atoms with van der Waals surface area (Å²) >= 11 is 0. The van der Waals surface area contributed by atoms with Crippen LogP contribution in [0.15, 0.2) is 35.3 Å². The maximum absolute atomic E-state index is 5.77. The summed E-state index contributed by atoms with van der Waals surface area (Å²) in [6.45, 7) is 7.30. The number of guanidine groups is 1. The van der Waals surface area contributed by atoms with Crippen molar-refractivity contribution in [2.45, 2.75) is 51.2 Å². The summed E-state index contributed by atoms with van der Waals surface area (Å²) in [5.41, 5.74) is 1.19. The van der Waals surface area contributed by atoms with Gasteiger partial charge in [-0.15, -0.1) is 0 Å². The van der Waals surface area contributed by atoms with Gasteiger partial charge in [0.25, 0.3) is 0 Å². The molecule has 2 N–H and O–H groups in total. The van der Waals surface area contributed by atoms with E-state index in [9.17, 15) is 0 Å². The normalized spacial score (nSPS) is 18.6. The Bertz CT molecular complexity index is 513. The number of nitrogens with zero attached hydrogens (tertiary/aromatic N) is 1. The average Bonchev–Trinajstić information content (AvgIpc) is 2.66. The highest BCUT2D eigenvalue weighted by molar-refractivity contribution is 5.80. The summed E-state index contributed by atoms with van der Waals surface area (Å²) in [6.07, 6.45) is 3.93. The van der Waals surface area contributed by atoms with E-state index >= 15 is 0 Å². The molecule has 0 spiro atoms. The molecule has 1 unspecified atom stereocenters. The fourth-order valence-corrected chi connectivity index (χ4v) is 3.05. The van der Waals surface area contributed by atoms with Crippen LogP contribution in [0.4, 0.5) is 0 Å². The predicted molar refractivity (Wildman–Crippen MR) is 103 cm³/mol. The van der Waals surface area contributed by atoms with Gasteiger partial charge in [-0.25, -0.2) is 0 Å². The summed E-state index contributed by atoms with van der Waals surface area (Å²) in [5, 5.41) is 6.87. The number of benzene rings is 1. The molecule has 0 amide bonds. The average molecular weight is 348 g/mol. The van der Waals surface area contributed by atoms with E-state index in [-0.39, 0.29) is 5.60 Å². The molecular weight excluding hydrogens is 314 g/mol. The van der Waals surface area contributed by atoms with Crippen LogP contribution in [0.25, 0.3) is 0 Å². The number of ether oxygens (including phenoxy) is 2. The molecule has 1 atom stereocenters. The zero-order valence-corrected chi connectivity index (χ0v) is 15.9. The highest BCUT2D eigenvalue weighted by Gasteiger charge is 2.32. The van der Waals surface area contributed by atoms with E-state index in [0.29, 0.717) is 12.6 Å². The quantitative estimate of drug-likeness (QED) is 0.561. The van der Waals surface area contributed by atoms with Crippen molar-refractivity contribution in [3.63, 3.8) is 0 Å². The van der Waals surface area contributed by atoms with Gasteiger partial charge in [0.2, 0.25) is 0 Å². The van der Waals surface area contributed by atoms with Gasteiger partial charge in [0.15, 0.2) is 5.96 Å². The molecule has 5 heteroatoms. The topological polar surface area (TPSA) is 54.9 Å². The zero-order valence-electron chi connectivity index (χ0n) is 15.9.